The van der Waals surface area contributed by atoms with E-state index in [1.54, 1.807) is 12.1 Å². The van der Waals surface area contributed by atoms with Gasteiger partial charge in [0.2, 0.25) is 0 Å². The zero-order valence-electron chi connectivity index (χ0n) is 14.2. The van der Waals surface area contributed by atoms with Gasteiger partial charge in [0.25, 0.3) is 0 Å². The summed E-state index contributed by atoms with van der Waals surface area (Å²) in [5.41, 5.74) is -0.329. The quantitative estimate of drug-likeness (QED) is 0.652. The minimum atomic E-state index is -4.49. The van der Waals surface area contributed by atoms with Gasteiger partial charge in [-0.05, 0) is 30.3 Å². The van der Waals surface area contributed by atoms with Gasteiger partial charge in [0.15, 0.2) is 5.13 Å². The molecule has 1 heterocycles. The van der Waals surface area contributed by atoms with Gasteiger partial charge in [0.05, 0.1) is 19.8 Å². The van der Waals surface area contributed by atoms with Crippen LogP contribution in [0.2, 0.25) is 0 Å². The second kappa shape index (κ2) is 7.31. The van der Waals surface area contributed by atoms with Crippen molar-refractivity contribution in [3.63, 3.8) is 0 Å². The lowest BCUT2D eigenvalue weighted by Crippen LogP contribution is -2.19. The first-order valence-electron chi connectivity index (χ1n) is 7.58. The number of hydrogen-bond acceptors (Lipinski definition) is 5. The fourth-order valence-electron chi connectivity index (χ4n) is 2.37. The van der Waals surface area contributed by atoms with Crippen LogP contribution in [0.3, 0.4) is 0 Å². The molecule has 2 N–H and O–H groups in total. The summed E-state index contributed by atoms with van der Waals surface area (Å²) in [6.07, 6.45) is -4.49. The largest absolute Gasteiger partial charge is 0.495 e. The van der Waals surface area contributed by atoms with Gasteiger partial charge in [-0.1, -0.05) is 17.4 Å². The molecule has 3 rings (SSSR count). The third-order valence-electron chi connectivity index (χ3n) is 3.58. The molecule has 27 heavy (non-hydrogen) atoms. The fourth-order valence-corrected chi connectivity index (χ4v) is 3.34. The molecule has 0 saturated carbocycles. The number of anilines is 2. The number of alkyl halides is 3. The summed E-state index contributed by atoms with van der Waals surface area (Å²) in [7, 11) is 3.00. The van der Waals surface area contributed by atoms with Crippen molar-refractivity contribution in [2.75, 3.05) is 24.9 Å². The zero-order chi connectivity index (χ0) is 19.6. The number of amides is 2. The maximum atomic E-state index is 12.8. The van der Waals surface area contributed by atoms with Crippen LogP contribution in [0, 0.1) is 0 Å². The molecule has 0 aliphatic carbocycles. The number of carbonyl (C=O) groups excluding carboxylic acids is 1. The van der Waals surface area contributed by atoms with Crippen LogP contribution < -0.4 is 20.1 Å². The van der Waals surface area contributed by atoms with Gasteiger partial charge in [0.1, 0.15) is 21.7 Å². The standard InChI is InChI=1S/C17H14F3N3O3S/c1-25-11-6-7-12(26-2)14-13(11)22-16(27-14)23-15(24)21-10-5-3-4-9(8-10)17(18,19)20/h3-8H,1-2H3,(H2,21,22,23,24). The average molecular weight is 397 g/mol. The van der Waals surface area contributed by atoms with E-state index in [1.807, 2.05) is 0 Å². The molecule has 0 unspecified atom stereocenters. The van der Waals surface area contributed by atoms with E-state index in [9.17, 15) is 18.0 Å². The van der Waals surface area contributed by atoms with Crippen molar-refractivity contribution in [2.24, 2.45) is 0 Å². The first kappa shape index (κ1) is 18.8. The molecule has 2 aromatic carbocycles. The van der Waals surface area contributed by atoms with Crippen LogP contribution in [0.5, 0.6) is 11.5 Å². The number of carbonyl (C=O) groups is 1. The van der Waals surface area contributed by atoms with E-state index in [0.29, 0.717) is 21.7 Å². The highest BCUT2D eigenvalue weighted by atomic mass is 32.1. The van der Waals surface area contributed by atoms with Crippen LogP contribution in [0.4, 0.5) is 28.8 Å². The van der Waals surface area contributed by atoms with Crippen molar-refractivity contribution < 1.29 is 27.4 Å². The highest BCUT2D eigenvalue weighted by Gasteiger charge is 2.30. The van der Waals surface area contributed by atoms with E-state index in [-0.39, 0.29) is 10.8 Å². The average Bonchev–Trinajstić information content (AvgIpc) is 3.03. The third kappa shape index (κ3) is 4.05. The van der Waals surface area contributed by atoms with Crippen molar-refractivity contribution in [1.82, 2.24) is 4.98 Å². The number of hydrogen-bond donors (Lipinski definition) is 2. The number of nitrogens with zero attached hydrogens (tertiary/aromatic N) is 1. The molecule has 1 aromatic heterocycles. The Labute approximate surface area is 155 Å². The normalized spacial score (nSPS) is 11.3. The summed E-state index contributed by atoms with van der Waals surface area (Å²) in [5.74, 6) is 1.07. The molecule has 0 aliphatic rings. The van der Waals surface area contributed by atoms with Gasteiger partial charge in [-0.15, -0.1) is 0 Å². The van der Waals surface area contributed by atoms with Gasteiger partial charge in [-0.25, -0.2) is 9.78 Å². The Morgan fingerprint density at radius 1 is 1.07 bits per heavy atom. The number of aromatic nitrogens is 1. The number of rotatable bonds is 4. The maximum absolute atomic E-state index is 12.8. The number of benzene rings is 2. The molecule has 0 bridgehead atoms. The summed E-state index contributed by atoms with van der Waals surface area (Å²) in [6, 6.07) is 7.04. The summed E-state index contributed by atoms with van der Waals surface area (Å²) >= 11 is 1.16. The van der Waals surface area contributed by atoms with Crippen molar-refractivity contribution in [3.8, 4) is 11.5 Å². The number of halogens is 3. The minimum absolute atomic E-state index is 0.0126. The summed E-state index contributed by atoms with van der Waals surface area (Å²) in [6.45, 7) is 0. The molecule has 0 spiro atoms. The minimum Gasteiger partial charge on any atom is -0.495 e. The van der Waals surface area contributed by atoms with Crippen LogP contribution in [-0.2, 0) is 6.18 Å². The molecule has 2 amide bonds. The molecule has 0 saturated heterocycles. The predicted molar refractivity (Wildman–Crippen MR) is 96.8 cm³/mol. The molecular weight excluding hydrogens is 383 g/mol. The maximum Gasteiger partial charge on any atom is 0.416 e. The lowest BCUT2D eigenvalue weighted by atomic mass is 10.2. The van der Waals surface area contributed by atoms with Crippen molar-refractivity contribution >= 4 is 38.4 Å². The van der Waals surface area contributed by atoms with E-state index in [0.717, 1.165) is 23.5 Å². The molecule has 3 aromatic rings. The zero-order valence-corrected chi connectivity index (χ0v) is 15.0. The second-order valence-electron chi connectivity index (χ2n) is 5.32. The van der Waals surface area contributed by atoms with E-state index >= 15 is 0 Å². The number of thiazole rings is 1. The summed E-state index contributed by atoms with van der Waals surface area (Å²) in [4.78, 5) is 16.4. The first-order valence-corrected chi connectivity index (χ1v) is 8.40. The molecule has 0 fully saturated rings. The number of nitrogens with one attached hydrogen (secondary N) is 2. The Bertz CT molecular complexity index is 947. The number of fused-ring (bicyclic) bond motifs is 1. The molecule has 0 aliphatic heterocycles. The Balaban J connectivity index is 1.80. The van der Waals surface area contributed by atoms with E-state index < -0.39 is 17.8 Å². The molecule has 0 atom stereocenters. The monoisotopic (exact) mass is 397 g/mol. The Kier molecular flexibility index (Phi) is 5.08. The van der Waals surface area contributed by atoms with Crippen LogP contribution in [-0.4, -0.2) is 25.2 Å². The van der Waals surface area contributed by atoms with Gasteiger partial charge in [0, 0.05) is 5.69 Å². The Morgan fingerprint density at radius 2 is 1.78 bits per heavy atom. The van der Waals surface area contributed by atoms with Crippen molar-refractivity contribution in [2.45, 2.75) is 6.18 Å². The predicted octanol–water partition coefficient (Wildman–Crippen LogP) is 4.98. The van der Waals surface area contributed by atoms with Gasteiger partial charge < -0.3 is 14.8 Å². The van der Waals surface area contributed by atoms with E-state index in [4.69, 9.17) is 9.47 Å². The highest BCUT2D eigenvalue weighted by molar-refractivity contribution is 7.22. The summed E-state index contributed by atoms with van der Waals surface area (Å²) < 4.78 is 49.4. The first-order chi connectivity index (χ1) is 12.8. The molecule has 0 radical (unpaired) electrons. The molecular formula is C17H14F3N3O3S. The molecule has 6 nitrogen and oxygen atoms in total. The lowest BCUT2D eigenvalue weighted by molar-refractivity contribution is -0.137. The smallest absolute Gasteiger partial charge is 0.416 e. The van der Waals surface area contributed by atoms with Crippen molar-refractivity contribution in [3.05, 3.63) is 42.0 Å². The van der Waals surface area contributed by atoms with Gasteiger partial charge in [-0.3, -0.25) is 5.32 Å². The fraction of sp³-hybridized carbons (Fsp3) is 0.176. The van der Waals surface area contributed by atoms with E-state index in [2.05, 4.69) is 15.6 Å². The molecule has 10 heteroatoms. The van der Waals surface area contributed by atoms with Gasteiger partial charge in [-0.2, -0.15) is 13.2 Å². The summed E-state index contributed by atoms with van der Waals surface area (Å²) in [5, 5.41) is 5.11. The van der Waals surface area contributed by atoms with Crippen LogP contribution in [0.1, 0.15) is 5.56 Å². The molecule has 142 valence electrons. The number of urea groups is 1. The Morgan fingerprint density at radius 3 is 2.44 bits per heavy atom. The third-order valence-corrected chi connectivity index (χ3v) is 4.56. The van der Waals surface area contributed by atoms with Crippen LogP contribution >= 0.6 is 11.3 Å². The van der Waals surface area contributed by atoms with Crippen LogP contribution in [0.15, 0.2) is 36.4 Å². The lowest BCUT2D eigenvalue weighted by Gasteiger charge is -2.09. The van der Waals surface area contributed by atoms with Gasteiger partial charge >= 0.3 is 12.2 Å². The van der Waals surface area contributed by atoms with Crippen molar-refractivity contribution in [1.29, 1.82) is 0 Å². The Hall–Kier alpha value is -3.01. The number of ether oxygens (including phenoxy) is 2. The number of methoxy groups -OCH3 is 2. The van der Waals surface area contributed by atoms with E-state index in [1.165, 1.54) is 26.4 Å². The highest BCUT2D eigenvalue weighted by Crippen LogP contribution is 2.38. The van der Waals surface area contributed by atoms with Crippen LogP contribution in [0.25, 0.3) is 10.2 Å². The second-order valence-corrected chi connectivity index (χ2v) is 6.32. The topological polar surface area (TPSA) is 72.5 Å². The SMILES string of the molecule is COc1ccc(OC)c2sc(NC(=O)Nc3cccc(C(F)(F)F)c3)nc12.